The predicted octanol–water partition coefficient (Wildman–Crippen LogP) is 5.95. The predicted molar refractivity (Wildman–Crippen MR) is 137 cm³/mol. The van der Waals surface area contributed by atoms with Gasteiger partial charge in [0.1, 0.15) is 0 Å². The first-order valence-corrected chi connectivity index (χ1v) is 16.1. The first-order valence-electron chi connectivity index (χ1n) is 11.1. The fourth-order valence-electron chi connectivity index (χ4n) is 5.76. The van der Waals surface area contributed by atoms with Crippen molar-refractivity contribution in [2.75, 3.05) is 0 Å². The summed E-state index contributed by atoms with van der Waals surface area (Å²) in [5, 5.41) is 3.04. The quantitative estimate of drug-likeness (QED) is 0.298. The van der Waals surface area contributed by atoms with Crippen molar-refractivity contribution in [3.8, 4) is 22.3 Å². The average Bonchev–Trinajstić information content (AvgIpc) is 3.25. The van der Waals surface area contributed by atoms with Gasteiger partial charge in [0.05, 0.1) is 23.0 Å². The van der Waals surface area contributed by atoms with Crippen LogP contribution in [0.5, 0.6) is 0 Å². The molecule has 4 aromatic carbocycles. The Morgan fingerprint density at radius 2 is 0.839 bits per heavy atom. The molecule has 2 heteroatoms. The highest BCUT2D eigenvalue weighted by Gasteiger charge is 2.51. The summed E-state index contributed by atoms with van der Waals surface area (Å²) < 4.78 is 0. The van der Waals surface area contributed by atoms with Gasteiger partial charge in [-0.25, -0.2) is 0 Å². The molecule has 0 heterocycles. The second kappa shape index (κ2) is 6.65. The molecule has 2 aliphatic rings. The van der Waals surface area contributed by atoms with Crippen LogP contribution in [0.4, 0.5) is 0 Å². The summed E-state index contributed by atoms with van der Waals surface area (Å²) in [5.74, 6) is 0. The Kier molecular flexibility index (Phi) is 4.09. The molecule has 150 valence electrons. The summed E-state index contributed by atoms with van der Waals surface area (Å²) in [7, 11) is -1.07. The van der Waals surface area contributed by atoms with Gasteiger partial charge in [0, 0.05) is 0 Å². The Hall–Kier alpha value is -2.69. The van der Waals surface area contributed by atoms with Gasteiger partial charge in [0.15, 0.2) is 0 Å². The van der Waals surface area contributed by atoms with Crippen LogP contribution in [0.3, 0.4) is 0 Å². The van der Waals surface area contributed by atoms with Crippen molar-refractivity contribution in [1.82, 2.24) is 0 Å². The third-order valence-corrected chi connectivity index (χ3v) is 10.2. The van der Waals surface area contributed by atoms with E-state index < -0.39 is 17.6 Å². The van der Waals surface area contributed by atoms with Crippen LogP contribution in [0.15, 0.2) is 84.9 Å². The van der Waals surface area contributed by atoms with E-state index in [9.17, 15) is 0 Å². The van der Waals surface area contributed by atoms with Gasteiger partial charge in [-0.3, -0.25) is 0 Å². The lowest BCUT2D eigenvalue weighted by atomic mass is 9.70. The lowest BCUT2D eigenvalue weighted by Crippen LogP contribution is -2.31. The van der Waals surface area contributed by atoms with Gasteiger partial charge in [-0.2, -0.15) is 0 Å². The van der Waals surface area contributed by atoms with Crippen molar-refractivity contribution >= 4 is 28.0 Å². The van der Waals surface area contributed by atoms with Gasteiger partial charge >= 0.3 is 0 Å². The van der Waals surface area contributed by atoms with E-state index in [0.29, 0.717) is 0 Å². The minimum Gasteiger partial charge on any atom is -0.0671 e. The maximum atomic E-state index is 2.55. The standard InChI is InChI=1S/C29H26Si2/c1-30(2)19-13-15-23-24-16-14-20(31(3)4)18-28(24)29(27(23)17-19)25-11-7-5-9-21(25)22-10-6-8-12-26(22)29/h5-18H,1-4H3. The zero-order valence-electron chi connectivity index (χ0n) is 18.6. The second-order valence-electron chi connectivity index (χ2n) is 9.36. The van der Waals surface area contributed by atoms with Crippen molar-refractivity contribution in [2.45, 2.75) is 31.6 Å². The molecule has 0 saturated heterocycles. The van der Waals surface area contributed by atoms with Crippen LogP contribution < -0.4 is 10.4 Å². The van der Waals surface area contributed by atoms with Crippen molar-refractivity contribution in [1.29, 1.82) is 0 Å². The molecule has 0 aliphatic heterocycles. The molecule has 0 atom stereocenters. The lowest BCUT2D eigenvalue weighted by molar-refractivity contribution is 0.795. The smallest absolute Gasteiger partial charge is 0.0671 e. The van der Waals surface area contributed by atoms with E-state index in [-0.39, 0.29) is 5.41 Å². The van der Waals surface area contributed by atoms with Gasteiger partial charge < -0.3 is 0 Å². The van der Waals surface area contributed by atoms with Gasteiger partial charge in [-0.15, -0.1) is 0 Å². The Morgan fingerprint density at radius 3 is 1.26 bits per heavy atom. The molecule has 0 fully saturated rings. The van der Waals surface area contributed by atoms with Crippen LogP contribution in [-0.2, 0) is 5.41 Å². The topological polar surface area (TPSA) is 0 Å². The second-order valence-corrected chi connectivity index (χ2v) is 14.5. The molecule has 0 bridgehead atoms. The molecule has 0 nitrogen and oxygen atoms in total. The molecule has 4 aromatic rings. The maximum absolute atomic E-state index is 2.55. The summed E-state index contributed by atoms with van der Waals surface area (Å²) >= 11 is 0. The van der Waals surface area contributed by atoms with Crippen LogP contribution in [-0.4, -0.2) is 17.6 Å². The third kappa shape index (κ3) is 2.40. The Balaban J connectivity index is 1.81. The van der Waals surface area contributed by atoms with Crippen LogP contribution in [0.2, 0.25) is 26.2 Å². The minimum atomic E-state index is -0.535. The summed E-state index contributed by atoms with van der Waals surface area (Å²) in [6.07, 6.45) is 0. The molecule has 0 amide bonds. The molecule has 0 saturated carbocycles. The monoisotopic (exact) mass is 430 g/mol. The van der Waals surface area contributed by atoms with E-state index in [0.717, 1.165) is 0 Å². The third-order valence-electron chi connectivity index (χ3n) is 7.24. The zero-order valence-corrected chi connectivity index (χ0v) is 20.6. The first kappa shape index (κ1) is 19.0. The molecular weight excluding hydrogens is 404 g/mol. The van der Waals surface area contributed by atoms with Crippen molar-refractivity contribution in [3.63, 3.8) is 0 Å². The van der Waals surface area contributed by atoms with E-state index in [4.69, 9.17) is 0 Å². The maximum Gasteiger partial charge on any atom is 0.0791 e. The van der Waals surface area contributed by atoms with Crippen LogP contribution in [0.25, 0.3) is 22.3 Å². The van der Waals surface area contributed by atoms with Crippen molar-refractivity contribution < 1.29 is 0 Å². The number of rotatable bonds is 2. The van der Waals surface area contributed by atoms with Gasteiger partial charge in [-0.05, 0) is 44.5 Å². The molecule has 2 radical (unpaired) electrons. The van der Waals surface area contributed by atoms with Crippen LogP contribution in [0.1, 0.15) is 22.3 Å². The van der Waals surface area contributed by atoms with Crippen molar-refractivity contribution in [3.05, 3.63) is 107 Å². The summed E-state index contributed by atoms with van der Waals surface area (Å²) in [4.78, 5) is 0. The van der Waals surface area contributed by atoms with Gasteiger partial charge in [0.2, 0.25) is 0 Å². The molecular formula is C29H26Si2. The van der Waals surface area contributed by atoms with Crippen molar-refractivity contribution in [2.24, 2.45) is 0 Å². The summed E-state index contributed by atoms with van der Waals surface area (Å²) in [6.45, 7) is 9.61. The molecule has 6 rings (SSSR count). The number of hydrogen-bond acceptors (Lipinski definition) is 0. The van der Waals surface area contributed by atoms with E-state index >= 15 is 0 Å². The zero-order chi connectivity index (χ0) is 21.3. The molecule has 0 aromatic heterocycles. The average molecular weight is 431 g/mol. The van der Waals surface area contributed by atoms with Crippen LogP contribution in [0, 0.1) is 0 Å². The summed E-state index contributed by atoms with van der Waals surface area (Å²) in [6, 6.07) is 32.9. The normalized spacial score (nSPS) is 14.6. The highest BCUT2D eigenvalue weighted by atomic mass is 28.3. The molecule has 31 heavy (non-hydrogen) atoms. The molecule has 2 aliphatic carbocycles. The Labute approximate surface area is 188 Å². The number of fused-ring (bicyclic) bond motifs is 10. The van der Waals surface area contributed by atoms with Gasteiger partial charge in [-0.1, -0.05) is 121 Å². The van der Waals surface area contributed by atoms with E-state index in [1.807, 2.05) is 0 Å². The fraction of sp³-hybridized carbons (Fsp3) is 0.172. The molecule has 1 spiro atoms. The Morgan fingerprint density at radius 1 is 0.452 bits per heavy atom. The summed E-state index contributed by atoms with van der Waals surface area (Å²) in [5.41, 5.74) is 11.3. The van der Waals surface area contributed by atoms with Crippen LogP contribution >= 0.6 is 0 Å². The lowest BCUT2D eigenvalue weighted by Gasteiger charge is -2.31. The minimum absolute atomic E-state index is 0.196. The van der Waals surface area contributed by atoms with E-state index in [1.165, 1.54) is 54.9 Å². The first-order chi connectivity index (χ1) is 15.0. The Bertz CT molecular complexity index is 1240. The van der Waals surface area contributed by atoms with Gasteiger partial charge in [0.25, 0.3) is 0 Å². The highest BCUT2D eigenvalue weighted by Crippen LogP contribution is 2.62. The molecule has 0 unspecified atom stereocenters. The molecule has 0 N–H and O–H groups in total. The number of hydrogen-bond donors (Lipinski definition) is 0. The van der Waals surface area contributed by atoms with E-state index in [2.05, 4.69) is 111 Å². The SMILES string of the molecule is C[Si](C)c1ccc2c(c1)C1(c3ccccc3-c3ccccc31)c1cc([Si](C)C)ccc1-2. The van der Waals surface area contributed by atoms with E-state index in [1.54, 1.807) is 0 Å². The fourth-order valence-corrected chi connectivity index (χ4v) is 7.46. The number of benzene rings is 4. The highest BCUT2D eigenvalue weighted by molar-refractivity contribution is 6.71. The largest absolute Gasteiger partial charge is 0.0791 e.